The minimum Gasteiger partial charge on any atom is -0.465 e. The van der Waals surface area contributed by atoms with Crippen molar-refractivity contribution < 1.29 is 13.9 Å². The molecule has 2 aromatic rings. The third-order valence-electron chi connectivity index (χ3n) is 2.46. The zero-order valence-corrected chi connectivity index (χ0v) is 11.0. The van der Waals surface area contributed by atoms with Crippen LogP contribution in [0.4, 0.5) is 0 Å². The monoisotopic (exact) mass is 266 g/mol. The Hall–Kier alpha value is -1.66. The lowest BCUT2D eigenvalue weighted by molar-refractivity contribution is 0.0599. The fourth-order valence-corrected chi connectivity index (χ4v) is 2.14. The predicted octanol–water partition coefficient (Wildman–Crippen LogP) is 2.12. The van der Waals surface area contributed by atoms with Gasteiger partial charge in [0, 0.05) is 11.9 Å². The Morgan fingerprint density at radius 1 is 1.56 bits per heavy atom. The van der Waals surface area contributed by atoms with E-state index in [9.17, 15) is 4.79 Å². The molecule has 6 heteroatoms. The Morgan fingerprint density at radius 3 is 3.06 bits per heavy atom. The van der Waals surface area contributed by atoms with Gasteiger partial charge in [-0.15, -0.1) is 11.3 Å². The van der Waals surface area contributed by atoms with Crippen LogP contribution in [0.25, 0.3) is 0 Å². The summed E-state index contributed by atoms with van der Waals surface area (Å²) in [5, 5.41) is 5.19. The van der Waals surface area contributed by atoms with Crippen molar-refractivity contribution in [3.8, 4) is 0 Å². The molecule has 0 saturated carbocycles. The Morgan fingerprint density at radius 2 is 2.39 bits per heavy atom. The molecule has 0 aromatic carbocycles. The molecular formula is C12H14N2O3S. The minimum atomic E-state index is -0.373. The Bertz CT molecular complexity index is 519. The van der Waals surface area contributed by atoms with Gasteiger partial charge in [-0.1, -0.05) is 0 Å². The summed E-state index contributed by atoms with van der Waals surface area (Å²) in [6, 6.07) is 1.70. The average Bonchev–Trinajstić information content (AvgIpc) is 2.98. The lowest BCUT2D eigenvalue weighted by Crippen LogP contribution is -2.12. The van der Waals surface area contributed by atoms with Gasteiger partial charge in [-0.05, 0) is 13.0 Å². The summed E-state index contributed by atoms with van der Waals surface area (Å²) in [7, 11) is 1.36. The van der Waals surface area contributed by atoms with Crippen LogP contribution >= 0.6 is 11.3 Å². The molecule has 18 heavy (non-hydrogen) atoms. The number of rotatable bonds is 5. The van der Waals surface area contributed by atoms with Crippen LogP contribution in [-0.4, -0.2) is 18.1 Å². The zero-order chi connectivity index (χ0) is 13.0. The number of hydrogen-bond donors (Lipinski definition) is 1. The first-order valence-corrected chi connectivity index (χ1v) is 6.40. The third kappa shape index (κ3) is 2.96. The van der Waals surface area contributed by atoms with E-state index in [-0.39, 0.29) is 5.97 Å². The number of aromatic nitrogens is 1. The van der Waals surface area contributed by atoms with E-state index < -0.39 is 0 Å². The van der Waals surface area contributed by atoms with Crippen LogP contribution in [0.2, 0.25) is 0 Å². The van der Waals surface area contributed by atoms with Crippen LogP contribution in [0.5, 0.6) is 0 Å². The summed E-state index contributed by atoms with van der Waals surface area (Å²) in [4.78, 5) is 15.6. The number of furan rings is 1. The fourth-order valence-electron chi connectivity index (χ4n) is 1.58. The largest absolute Gasteiger partial charge is 0.465 e. The average molecular weight is 266 g/mol. The number of nitrogens with one attached hydrogen (secondary N) is 1. The highest BCUT2D eigenvalue weighted by Gasteiger charge is 2.14. The molecule has 2 rings (SSSR count). The number of ether oxygens (including phenoxy) is 1. The first-order valence-electron chi connectivity index (χ1n) is 5.46. The van der Waals surface area contributed by atoms with Gasteiger partial charge < -0.3 is 14.5 Å². The molecule has 0 amide bonds. The Labute approximate surface area is 109 Å². The van der Waals surface area contributed by atoms with Crippen LogP contribution in [-0.2, 0) is 17.8 Å². The number of nitrogens with zero attached hydrogens (tertiary/aromatic N) is 1. The number of esters is 1. The molecule has 0 radical (unpaired) electrons. The molecule has 5 nitrogen and oxygen atoms in total. The van der Waals surface area contributed by atoms with E-state index in [1.54, 1.807) is 29.8 Å². The van der Waals surface area contributed by atoms with Crippen molar-refractivity contribution in [2.75, 3.05) is 7.11 Å². The summed E-state index contributed by atoms with van der Waals surface area (Å²) >= 11 is 1.56. The number of aryl methyl sites for hydroxylation is 1. The van der Waals surface area contributed by atoms with Crippen molar-refractivity contribution in [3.05, 3.63) is 39.7 Å². The molecule has 0 unspecified atom stereocenters. The molecule has 0 atom stereocenters. The summed E-state index contributed by atoms with van der Waals surface area (Å²) in [6.45, 7) is 2.97. The van der Waals surface area contributed by atoms with Crippen molar-refractivity contribution in [2.45, 2.75) is 20.0 Å². The fraction of sp³-hybridized carbons (Fsp3) is 0.333. The van der Waals surface area contributed by atoms with E-state index in [1.807, 2.05) is 5.38 Å². The number of methoxy groups -OCH3 is 1. The first-order chi connectivity index (χ1) is 8.70. The maximum absolute atomic E-state index is 11.4. The quantitative estimate of drug-likeness (QED) is 0.840. The molecule has 96 valence electrons. The Kier molecular flexibility index (Phi) is 4.11. The van der Waals surface area contributed by atoms with Gasteiger partial charge in [0.2, 0.25) is 0 Å². The van der Waals surface area contributed by atoms with Crippen LogP contribution in [0.15, 0.2) is 21.4 Å². The van der Waals surface area contributed by atoms with Crippen molar-refractivity contribution in [2.24, 2.45) is 0 Å². The van der Waals surface area contributed by atoms with Crippen LogP contribution < -0.4 is 5.32 Å². The molecule has 0 bridgehead atoms. The number of carbonyl (C=O) groups is 1. The molecular weight excluding hydrogens is 252 g/mol. The lowest BCUT2D eigenvalue weighted by Gasteiger charge is -1.98. The van der Waals surface area contributed by atoms with Gasteiger partial charge in [-0.25, -0.2) is 9.78 Å². The lowest BCUT2D eigenvalue weighted by atomic mass is 10.2. The standard InChI is InChI=1S/C12H14N2O3S/c1-8-11(12(15)16-2)3-10(17-8)5-13-4-9-6-18-7-14-9/h3,6-7,13H,4-5H2,1-2H3. The molecule has 2 aromatic heterocycles. The second-order valence-electron chi connectivity index (χ2n) is 3.76. The highest BCUT2D eigenvalue weighted by molar-refractivity contribution is 7.07. The summed E-state index contributed by atoms with van der Waals surface area (Å²) in [5.74, 6) is 0.914. The van der Waals surface area contributed by atoms with Crippen LogP contribution in [0.3, 0.4) is 0 Å². The van der Waals surface area contributed by atoms with E-state index in [0.717, 1.165) is 5.69 Å². The van der Waals surface area contributed by atoms with Gasteiger partial charge in [0.1, 0.15) is 17.1 Å². The molecule has 2 heterocycles. The molecule has 0 aliphatic heterocycles. The Balaban J connectivity index is 1.92. The maximum Gasteiger partial charge on any atom is 0.341 e. The topological polar surface area (TPSA) is 64.4 Å². The van der Waals surface area contributed by atoms with E-state index in [2.05, 4.69) is 15.0 Å². The third-order valence-corrected chi connectivity index (χ3v) is 3.10. The first kappa shape index (κ1) is 12.8. The van der Waals surface area contributed by atoms with E-state index >= 15 is 0 Å². The SMILES string of the molecule is COC(=O)c1cc(CNCc2cscn2)oc1C. The van der Waals surface area contributed by atoms with E-state index in [0.29, 0.717) is 30.2 Å². The second kappa shape index (κ2) is 5.79. The molecule has 0 saturated heterocycles. The molecule has 0 fully saturated rings. The van der Waals surface area contributed by atoms with Gasteiger partial charge >= 0.3 is 5.97 Å². The van der Waals surface area contributed by atoms with Crippen LogP contribution in [0, 0.1) is 6.92 Å². The van der Waals surface area contributed by atoms with E-state index in [1.165, 1.54) is 7.11 Å². The molecule has 1 N–H and O–H groups in total. The number of thiazole rings is 1. The van der Waals surface area contributed by atoms with Gasteiger partial charge in [-0.3, -0.25) is 0 Å². The van der Waals surface area contributed by atoms with Crippen molar-refractivity contribution in [1.82, 2.24) is 10.3 Å². The number of hydrogen-bond acceptors (Lipinski definition) is 6. The minimum absolute atomic E-state index is 0.373. The van der Waals surface area contributed by atoms with Gasteiger partial charge in [-0.2, -0.15) is 0 Å². The van der Waals surface area contributed by atoms with Crippen molar-refractivity contribution >= 4 is 17.3 Å². The van der Waals surface area contributed by atoms with Crippen LogP contribution in [0.1, 0.15) is 27.6 Å². The summed E-state index contributed by atoms with van der Waals surface area (Å²) in [5.41, 5.74) is 3.27. The smallest absolute Gasteiger partial charge is 0.341 e. The highest BCUT2D eigenvalue weighted by atomic mass is 32.1. The molecule has 0 spiro atoms. The number of carbonyl (C=O) groups excluding carboxylic acids is 1. The maximum atomic E-state index is 11.4. The van der Waals surface area contributed by atoms with Crippen molar-refractivity contribution in [3.63, 3.8) is 0 Å². The normalized spacial score (nSPS) is 10.6. The summed E-state index contributed by atoms with van der Waals surface area (Å²) in [6.07, 6.45) is 0. The van der Waals surface area contributed by atoms with E-state index in [4.69, 9.17) is 4.42 Å². The predicted molar refractivity (Wildman–Crippen MR) is 67.4 cm³/mol. The van der Waals surface area contributed by atoms with Gasteiger partial charge in [0.15, 0.2) is 0 Å². The van der Waals surface area contributed by atoms with Crippen molar-refractivity contribution in [1.29, 1.82) is 0 Å². The molecule has 0 aliphatic rings. The van der Waals surface area contributed by atoms with Gasteiger partial charge in [0.05, 0.1) is 24.9 Å². The molecule has 0 aliphatic carbocycles. The van der Waals surface area contributed by atoms with Gasteiger partial charge in [0.25, 0.3) is 0 Å². The summed E-state index contributed by atoms with van der Waals surface area (Å²) < 4.78 is 10.1. The second-order valence-corrected chi connectivity index (χ2v) is 4.48. The zero-order valence-electron chi connectivity index (χ0n) is 10.2. The highest BCUT2D eigenvalue weighted by Crippen LogP contribution is 2.15.